The lowest BCUT2D eigenvalue weighted by molar-refractivity contribution is -0.384. The Labute approximate surface area is 163 Å². The molecular formula is C15H24ClN5O5S. The number of amides is 1. The van der Waals surface area contributed by atoms with Crippen LogP contribution in [0.4, 0.5) is 11.4 Å². The summed E-state index contributed by atoms with van der Waals surface area (Å²) in [6, 6.07) is 3.39. The van der Waals surface area contributed by atoms with Crippen molar-refractivity contribution in [2.45, 2.75) is 36.6 Å². The number of rotatable bonds is 7. The number of nitrogens with zero attached hydrogens (tertiary/aromatic N) is 2. The maximum absolute atomic E-state index is 12.4. The smallest absolute Gasteiger partial charge is 0.293 e. The summed E-state index contributed by atoms with van der Waals surface area (Å²) in [6.45, 7) is 1.27. The molecule has 1 aromatic carbocycles. The molecule has 1 atom stereocenters. The average molecular weight is 422 g/mol. The van der Waals surface area contributed by atoms with Gasteiger partial charge in [-0.05, 0) is 31.4 Å². The Hall–Kier alpha value is -1.95. The van der Waals surface area contributed by atoms with Crippen LogP contribution in [0.2, 0.25) is 0 Å². The van der Waals surface area contributed by atoms with Gasteiger partial charge in [-0.15, -0.1) is 12.4 Å². The van der Waals surface area contributed by atoms with E-state index in [0.717, 1.165) is 25.3 Å². The second-order valence-electron chi connectivity index (χ2n) is 6.13. The fourth-order valence-electron chi connectivity index (χ4n) is 3.01. The van der Waals surface area contributed by atoms with Gasteiger partial charge in [-0.1, -0.05) is 0 Å². The highest BCUT2D eigenvalue weighted by Crippen LogP contribution is 2.27. The van der Waals surface area contributed by atoms with Crippen LogP contribution in [0.3, 0.4) is 0 Å². The first-order chi connectivity index (χ1) is 12.2. The SMILES string of the molecule is Cl.NCC1CCCCN1C(=O)CCNc1ccc(S(N)(=O)=O)cc1[N+](=O)[O-]. The van der Waals surface area contributed by atoms with Gasteiger partial charge in [-0.25, -0.2) is 13.6 Å². The van der Waals surface area contributed by atoms with Gasteiger partial charge in [0.15, 0.2) is 0 Å². The number of halogens is 1. The van der Waals surface area contributed by atoms with Gasteiger partial charge in [0, 0.05) is 38.2 Å². The normalized spacial score (nSPS) is 17.1. The molecule has 1 aliphatic rings. The van der Waals surface area contributed by atoms with Crippen LogP contribution < -0.4 is 16.2 Å². The molecule has 0 radical (unpaired) electrons. The van der Waals surface area contributed by atoms with Crippen molar-refractivity contribution < 1.29 is 18.1 Å². The molecule has 2 rings (SSSR count). The van der Waals surface area contributed by atoms with Crippen LogP contribution in [0.15, 0.2) is 23.1 Å². The molecule has 0 aromatic heterocycles. The minimum Gasteiger partial charge on any atom is -0.379 e. The summed E-state index contributed by atoms with van der Waals surface area (Å²) in [6.07, 6.45) is 3.03. The fourth-order valence-corrected chi connectivity index (χ4v) is 3.54. The van der Waals surface area contributed by atoms with Gasteiger partial charge in [0.05, 0.1) is 9.82 Å². The number of carbonyl (C=O) groups excluding carboxylic acids is 1. The number of nitrogens with one attached hydrogen (secondary N) is 1. The Morgan fingerprint density at radius 2 is 2.07 bits per heavy atom. The minimum atomic E-state index is -4.04. The van der Waals surface area contributed by atoms with Crippen molar-refractivity contribution in [3.05, 3.63) is 28.3 Å². The summed E-state index contributed by atoms with van der Waals surface area (Å²) >= 11 is 0. The van der Waals surface area contributed by atoms with Crippen molar-refractivity contribution in [1.82, 2.24) is 4.90 Å². The van der Waals surface area contributed by atoms with Crippen LogP contribution in [0.5, 0.6) is 0 Å². The predicted octanol–water partition coefficient (Wildman–Crippen LogP) is 0.806. The molecule has 152 valence electrons. The van der Waals surface area contributed by atoms with E-state index in [9.17, 15) is 23.3 Å². The van der Waals surface area contributed by atoms with Crippen molar-refractivity contribution in [2.75, 3.05) is 25.0 Å². The molecule has 1 amide bonds. The summed E-state index contributed by atoms with van der Waals surface area (Å²) < 4.78 is 22.7. The number of hydrogen-bond acceptors (Lipinski definition) is 7. The zero-order valence-corrected chi connectivity index (χ0v) is 16.3. The topological polar surface area (TPSA) is 162 Å². The van der Waals surface area contributed by atoms with E-state index in [4.69, 9.17) is 10.9 Å². The highest BCUT2D eigenvalue weighted by atomic mass is 35.5. The molecule has 1 aromatic rings. The molecule has 0 aliphatic carbocycles. The van der Waals surface area contributed by atoms with Crippen molar-refractivity contribution in [3.8, 4) is 0 Å². The van der Waals surface area contributed by atoms with Crippen LogP contribution in [0.1, 0.15) is 25.7 Å². The van der Waals surface area contributed by atoms with Crippen molar-refractivity contribution in [3.63, 3.8) is 0 Å². The van der Waals surface area contributed by atoms with Gasteiger partial charge in [-0.3, -0.25) is 14.9 Å². The fraction of sp³-hybridized carbons (Fsp3) is 0.533. The molecular weight excluding hydrogens is 398 g/mol. The van der Waals surface area contributed by atoms with E-state index in [0.29, 0.717) is 13.1 Å². The van der Waals surface area contributed by atoms with Gasteiger partial charge >= 0.3 is 0 Å². The number of sulfonamides is 1. The lowest BCUT2D eigenvalue weighted by Crippen LogP contribution is -2.47. The molecule has 1 aliphatic heterocycles. The van der Waals surface area contributed by atoms with Crippen LogP contribution >= 0.6 is 12.4 Å². The van der Waals surface area contributed by atoms with Crippen molar-refractivity contribution >= 4 is 39.7 Å². The first-order valence-electron chi connectivity index (χ1n) is 8.28. The Kier molecular flexibility index (Phi) is 8.41. The maximum Gasteiger partial charge on any atom is 0.293 e. The number of nitro benzene ring substituents is 1. The molecule has 27 heavy (non-hydrogen) atoms. The van der Waals surface area contributed by atoms with E-state index >= 15 is 0 Å². The summed E-state index contributed by atoms with van der Waals surface area (Å²) in [5, 5.41) is 19.0. The number of primary sulfonamides is 1. The maximum atomic E-state index is 12.4. The summed E-state index contributed by atoms with van der Waals surface area (Å²) in [5.74, 6) is -0.0588. The molecule has 0 spiro atoms. The van der Waals surface area contributed by atoms with E-state index < -0.39 is 20.6 Å². The monoisotopic (exact) mass is 421 g/mol. The van der Waals surface area contributed by atoms with E-state index in [2.05, 4.69) is 5.32 Å². The Morgan fingerprint density at radius 3 is 2.67 bits per heavy atom. The molecule has 1 saturated heterocycles. The molecule has 1 unspecified atom stereocenters. The third-order valence-electron chi connectivity index (χ3n) is 4.37. The van der Waals surface area contributed by atoms with E-state index in [-0.39, 0.29) is 47.9 Å². The number of hydrogen-bond donors (Lipinski definition) is 3. The average Bonchev–Trinajstić information content (AvgIpc) is 2.60. The third kappa shape index (κ3) is 6.03. The molecule has 12 heteroatoms. The molecule has 1 heterocycles. The number of benzene rings is 1. The summed E-state index contributed by atoms with van der Waals surface area (Å²) in [4.78, 5) is 24.3. The predicted molar refractivity (Wildman–Crippen MR) is 103 cm³/mol. The van der Waals surface area contributed by atoms with Gasteiger partial charge in [-0.2, -0.15) is 0 Å². The highest BCUT2D eigenvalue weighted by molar-refractivity contribution is 7.89. The second-order valence-corrected chi connectivity index (χ2v) is 7.69. The number of anilines is 1. The standard InChI is InChI=1S/C15H23N5O5S.ClH/c16-10-11-3-1-2-8-19(11)15(21)6-7-18-13-5-4-12(26(17,24)25)9-14(13)20(22)23;/h4-5,9,11,18H,1-3,6-8,10,16H2,(H2,17,24,25);1H. The second kappa shape index (κ2) is 9.83. The quantitative estimate of drug-likeness (QED) is 0.433. The number of piperidine rings is 1. The number of nitrogens with two attached hydrogens (primary N) is 2. The van der Waals surface area contributed by atoms with Gasteiger partial charge in [0.25, 0.3) is 5.69 Å². The minimum absolute atomic E-state index is 0. The Bertz CT molecular complexity index is 789. The zero-order chi connectivity index (χ0) is 19.3. The van der Waals surface area contributed by atoms with E-state index in [1.807, 2.05) is 0 Å². The number of likely N-dealkylation sites (tertiary alicyclic amines) is 1. The van der Waals surface area contributed by atoms with Crippen molar-refractivity contribution in [1.29, 1.82) is 0 Å². The van der Waals surface area contributed by atoms with Crippen molar-refractivity contribution in [2.24, 2.45) is 10.9 Å². The van der Waals surface area contributed by atoms with Crippen LogP contribution in [0.25, 0.3) is 0 Å². The third-order valence-corrected chi connectivity index (χ3v) is 5.28. The van der Waals surface area contributed by atoms with Crippen LogP contribution in [-0.4, -0.2) is 49.8 Å². The Balaban J connectivity index is 0.00000364. The molecule has 10 nitrogen and oxygen atoms in total. The first kappa shape index (κ1) is 23.1. The van der Waals surface area contributed by atoms with E-state index in [1.54, 1.807) is 4.90 Å². The first-order valence-corrected chi connectivity index (χ1v) is 9.83. The van der Waals surface area contributed by atoms with Gasteiger partial charge < -0.3 is 16.0 Å². The van der Waals surface area contributed by atoms with Gasteiger partial charge in [0.2, 0.25) is 15.9 Å². The molecule has 0 bridgehead atoms. The van der Waals surface area contributed by atoms with E-state index in [1.165, 1.54) is 12.1 Å². The number of nitro groups is 1. The van der Waals surface area contributed by atoms with Crippen LogP contribution in [0, 0.1) is 10.1 Å². The number of carbonyl (C=O) groups is 1. The molecule has 1 fully saturated rings. The lowest BCUT2D eigenvalue weighted by Gasteiger charge is -2.35. The largest absolute Gasteiger partial charge is 0.379 e. The summed E-state index contributed by atoms with van der Waals surface area (Å²) in [7, 11) is -4.04. The lowest BCUT2D eigenvalue weighted by atomic mass is 10.0. The molecule has 5 N–H and O–H groups in total. The van der Waals surface area contributed by atoms with Crippen LogP contribution in [-0.2, 0) is 14.8 Å². The summed E-state index contributed by atoms with van der Waals surface area (Å²) in [5.41, 5.74) is 5.42. The Morgan fingerprint density at radius 1 is 1.37 bits per heavy atom. The zero-order valence-electron chi connectivity index (χ0n) is 14.7. The van der Waals surface area contributed by atoms with Gasteiger partial charge in [0.1, 0.15) is 5.69 Å². The molecule has 0 saturated carbocycles. The highest BCUT2D eigenvalue weighted by Gasteiger charge is 2.25.